The number of nitrogens with zero attached hydrogens (tertiary/aromatic N) is 5. The molecule has 2 aliphatic heterocycles. The second-order valence-corrected chi connectivity index (χ2v) is 10.5. The molecule has 0 saturated carbocycles. The molecular weight excluding hydrogens is 536 g/mol. The third-order valence-corrected chi connectivity index (χ3v) is 7.97. The van der Waals surface area contributed by atoms with E-state index in [4.69, 9.17) is 9.73 Å². The van der Waals surface area contributed by atoms with Crippen LogP contribution in [0.5, 0.6) is 5.75 Å². The largest absolute Gasteiger partial charge is 0.490 e. The van der Waals surface area contributed by atoms with Crippen LogP contribution in [-0.2, 0) is 16.0 Å². The van der Waals surface area contributed by atoms with E-state index in [-0.39, 0.29) is 29.7 Å². The van der Waals surface area contributed by atoms with Gasteiger partial charge in [-0.25, -0.2) is 4.98 Å². The zero-order valence-corrected chi connectivity index (χ0v) is 23.2. The monoisotopic (exact) mass is 566 g/mol. The Kier molecular flexibility index (Phi) is 7.39. The molecule has 3 aliphatic rings. The van der Waals surface area contributed by atoms with E-state index in [2.05, 4.69) is 15.2 Å². The first-order chi connectivity index (χ1) is 20.4. The van der Waals surface area contributed by atoms with E-state index in [1.807, 2.05) is 47.4 Å². The number of aliphatic imine (C=N–C) groups is 1. The third kappa shape index (κ3) is 5.45. The fraction of sp³-hybridized carbons (Fsp3) is 0.290. The highest BCUT2D eigenvalue weighted by atomic mass is 16.6. The first-order valence-electron chi connectivity index (χ1n) is 13.9. The minimum atomic E-state index is -0.476. The van der Waals surface area contributed by atoms with Gasteiger partial charge in [0.1, 0.15) is 5.82 Å². The minimum absolute atomic E-state index is 0.0432. The lowest BCUT2D eigenvalue weighted by molar-refractivity contribution is -0.385. The predicted molar refractivity (Wildman–Crippen MR) is 159 cm³/mol. The smallest absolute Gasteiger partial charge is 0.310 e. The average Bonchev–Trinajstić information content (AvgIpc) is 3.15. The molecule has 42 heavy (non-hydrogen) atoms. The van der Waals surface area contributed by atoms with E-state index >= 15 is 0 Å². The van der Waals surface area contributed by atoms with Crippen LogP contribution in [0.1, 0.15) is 24.0 Å². The number of benzene rings is 2. The maximum Gasteiger partial charge on any atom is 0.310 e. The second-order valence-electron chi connectivity index (χ2n) is 10.5. The van der Waals surface area contributed by atoms with Crippen LogP contribution < -0.4 is 15.0 Å². The molecule has 11 heteroatoms. The summed E-state index contributed by atoms with van der Waals surface area (Å²) in [4.78, 5) is 50.4. The van der Waals surface area contributed by atoms with Crippen LogP contribution in [0.3, 0.4) is 0 Å². The highest BCUT2D eigenvalue weighted by molar-refractivity contribution is 6.19. The fourth-order valence-electron chi connectivity index (χ4n) is 5.69. The maximum absolute atomic E-state index is 13.2. The number of allylic oxidation sites excluding steroid dienone is 2. The number of nitro benzene ring substituents is 1. The Hall–Kier alpha value is -5.06. The standard InChI is InChI=1S/C31H30N6O5/c1-42-28-19-22(7-10-27(28)37(40)41)21-6-8-23-25(18-21)33-24-9-5-20(16-26(24)34-31(23)39)17-30(38)36-14-12-35(13-15-36)29-4-2-3-11-32-29/h2-5,7,9-11,16,18-19,23H,6,8,12-15,17H2,1H3,(H,34,39). The lowest BCUT2D eigenvalue weighted by Gasteiger charge is -2.35. The van der Waals surface area contributed by atoms with E-state index in [9.17, 15) is 19.7 Å². The molecule has 1 atom stereocenters. The van der Waals surface area contributed by atoms with Gasteiger partial charge in [-0.05, 0) is 72.0 Å². The Balaban J connectivity index is 1.18. The molecule has 1 aromatic heterocycles. The number of pyridine rings is 1. The van der Waals surface area contributed by atoms with Crippen LogP contribution in [0.15, 0.2) is 71.9 Å². The molecule has 1 aliphatic carbocycles. The van der Waals surface area contributed by atoms with E-state index in [0.717, 1.165) is 35.6 Å². The number of ether oxygens (including phenoxy) is 1. The van der Waals surface area contributed by atoms with E-state index in [0.29, 0.717) is 43.0 Å². The Morgan fingerprint density at radius 1 is 1.12 bits per heavy atom. The quantitative estimate of drug-likeness (QED) is 0.346. The highest BCUT2D eigenvalue weighted by Crippen LogP contribution is 2.38. The van der Waals surface area contributed by atoms with E-state index in [1.165, 1.54) is 13.2 Å². The highest BCUT2D eigenvalue weighted by Gasteiger charge is 2.31. The number of nitrogens with one attached hydrogen (secondary N) is 1. The Morgan fingerprint density at radius 2 is 1.95 bits per heavy atom. The van der Waals surface area contributed by atoms with Gasteiger partial charge in [-0.2, -0.15) is 0 Å². The van der Waals surface area contributed by atoms with Gasteiger partial charge in [0.15, 0.2) is 5.75 Å². The summed E-state index contributed by atoms with van der Waals surface area (Å²) in [6.07, 6.45) is 5.07. The molecule has 2 amide bonds. The third-order valence-electron chi connectivity index (χ3n) is 7.97. The minimum Gasteiger partial charge on any atom is -0.490 e. The van der Waals surface area contributed by atoms with E-state index in [1.54, 1.807) is 18.3 Å². The lowest BCUT2D eigenvalue weighted by Crippen LogP contribution is -2.49. The van der Waals surface area contributed by atoms with Crippen molar-refractivity contribution in [3.63, 3.8) is 0 Å². The van der Waals surface area contributed by atoms with Gasteiger partial charge >= 0.3 is 5.69 Å². The van der Waals surface area contributed by atoms with Crippen molar-refractivity contribution in [2.75, 3.05) is 43.5 Å². The van der Waals surface area contributed by atoms with Crippen molar-refractivity contribution in [2.45, 2.75) is 19.3 Å². The van der Waals surface area contributed by atoms with Gasteiger partial charge in [-0.15, -0.1) is 0 Å². The van der Waals surface area contributed by atoms with Gasteiger partial charge in [0.2, 0.25) is 11.8 Å². The molecule has 1 saturated heterocycles. The first-order valence-corrected chi connectivity index (χ1v) is 13.9. The summed E-state index contributed by atoms with van der Waals surface area (Å²) in [5.41, 5.74) is 4.28. The number of carbonyl (C=O) groups excluding carboxylic acids is 2. The molecule has 6 rings (SSSR count). The maximum atomic E-state index is 13.2. The van der Waals surface area contributed by atoms with Crippen LogP contribution in [-0.4, -0.2) is 65.6 Å². The van der Waals surface area contributed by atoms with Crippen molar-refractivity contribution in [1.29, 1.82) is 0 Å². The number of hydrogen-bond donors (Lipinski definition) is 1. The molecule has 1 unspecified atom stereocenters. The second kappa shape index (κ2) is 11.4. The lowest BCUT2D eigenvalue weighted by atomic mass is 9.84. The SMILES string of the molecule is COc1cc(C2=CC3=Nc4ccc(CC(=O)N5CCN(c6ccccn6)CC5)cc4NC(=O)C3CC2)ccc1[N+](=O)[O-]. The molecule has 3 aromatic rings. The van der Waals surface area contributed by atoms with Crippen LogP contribution >= 0.6 is 0 Å². The summed E-state index contributed by atoms with van der Waals surface area (Å²) < 4.78 is 5.23. The van der Waals surface area contributed by atoms with Gasteiger partial charge in [0, 0.05) is 38.4 Å². The summed E-state index contributed by atoms with van der Waals surface area (Å²) >= 11 is 0. The van der Waals surface area contributed by atoms with Crippen molar-refractivity contribution in [3.05, 3.63) is 88.1 Å². The molecule has 1 fully saturated rings. The number of piperazine rings is 1. The molecule has 11 nitrogen and oxygen atoms in total. The van der Waals surface area contributed by atoms with Crippen molar-refractivity contribution in [3.8, 4) is 5.75 Å². The molecule has 0 spiro atoms. The molecule has 0 radical (unpaired) electrons. The Bertz CT molecular complexity index is 1610. The number of aromatic nitrogens is 1. The van der Waals surface area contributed by atoms with Gasteiger partial charge in [0.25, 0.3) is 0 Å². The molecule has 3 heterocycles. The van der Waals surface area contributed by atoms with Crippen molar-refractivity contribution >= 4 is 46.0 Å². The number of nitro groups is 1. The number of rotatable bonds is 6. The summed E-state index contributed by atoms with van der Waals surface area (Å²) in [7, 11) is 1.40. The Morgan fingerprint density at radius 3 is 2.69 bits per heavy atom. The van der Waals surface area contributed by atoms with Crippen molar-refractivity contribution in [2.24, 2.45) is 10.9 Å². The summed E-state index contributed by atoms with van der Waals surface area (Å²) in [5.74, 6) is 0.590. The van der Waals surface area contributed by atoms with Crippen LogP contribution in [0.2, 0.25) is 0 Å². The topological polar surface area (TPSA) is 130 Å². The molecule has 214 valence electrons. The number of carbonyl (C=O) groups is 2. The van der Waals surface area contributed by atoms with Crippen LogP contribution in [0, 0.1) is 16.0 Å². The van der Waals surface area contributed by atoms with Crippen molar-refractivity contribution in [1.82, 2.24) is 9.88 Å². The molecule has 1 N–H and O–H groups in total. The van der Waals surface area contributed by atoms with Gasteiger partial charge in [-0.3, -0.25) is 24.7 Å². The van der Waals surface area contributed by atoms with E-state index < -0.39 is 10.8 Å². The zero-order valence-electron chi connectivity index (χ0n) is 23.2. The van der Waals surface area contributed by atoms with Crippen LogP contribution in [0.4, 0.5) is 22.9 Å². The predicted octanol–water partition coefficient (Wildman–Crippen LogP) is 4.41. The normalized spacial score (nSPS) is 18.1. The number of hydrogen-bond acceptors (Lipinski definition) is 8. The average molecular weight is 567 g/mol. The number of amides is 2. The summed E-state index contributed by atoms with van der Waals surface area (Å²) in [5, 5.41) is 14.3. The molecule has 2 aromatic carbocycles. The van der Waals surface area contributed by atoms with Gasteiger partial charge in [-0.1, -0.05) is 12.1 Å². The molecule has 0 bridgehead atoms. The zero-order chi connectivity index (χ0) is 29.2. The number of methoxy groups -OCH3 is 1. The van der Waals surface area contributed by atoms with Gasteiger partial charge < -0.3 is 19.9 Å². The van der Waals surface area contributed by atoms with Crippen molar-refractivity contribution < 1.29 is 19.2 Å². The Labute approximate surface area is 242 Å². The summed E-state index contributed by atoms with van der Waals surface area (Å²) in [6, 6.07) is 16.2. The fourth-order valence-corrected chi connectivity index (χ4v) is 5.69. The number of anilines is 2. The summed E-state index contributed by atoms with van der Waals surface area (Å²) in [6.45, 7) is 2.71. The molecular formula is C31H30N6O5. The van der Waals surface area contributed by atoms with Gasteiger partial charge in [0.05, 0.1) is 41.5 Å². The number of fused-ring (bicyclic) bond motifs is 2. The first kappa shape index (κ1) is 27.1. The van der Waals surface area contributed by atoms with Crippen LogP contribution in [0.25, 0.3) is 5.57 Å².